The van der Waals surface area contributed by atoms with Crippen molar-refractivity contribution in [2.24, 2.45) is 5.73 Å². The summed E-state index contributed by atoms with van der Waals surface area (Å²) in [5, 5.41) is 0.725. The summed E-state index contributed by atoms with van der Waals surface area (Å²) in [6.07, 6.45) is 0. The van der Waals surface area contributed by atoms with Crippen LogP contribution in [0.15, 0.2) is 40.5 Å². The van der Waals surface area contributed by atoms with Crippen molar-refractivity contribution in [2.45, 2.75) is 19.8 Å². The first-order valence-corrected chi connectivity index (χ1v) is 8.62. The predicted molar refractivity (Wildman–Crippen MR) is 98.6 cm³/mol. The molecule has 2 aromatic rings. The zero-order valence-corrected chi connectivity index (χ0v) is 15.6. The van der Waals surface area contributed by atoms with Crippen LogP contribution in [0.5, 0.6) is 5.75 Å². The summed E-state index contributed by atoms with van der Waals surface area (Å²) in [6.45, 7) is 3.54. The molecule has 1 aliphatic heterocycles. The van der Waals surface area contributed by atoms with Crippen LogP contribution in [0, 0.1) is 6.92 Å². The van der Waals surface area contributed by atoms with Gasteiger partial charge >= 0.3 is 5.97 Å². The van der Waals surface area contributed by atoms with Crippen molar-refractivity contribution in [2.75, 3.05) is 6.61 Å². The Bertz CT molecular complexity index is 982. The second-order valence-corrected chi connectivity index (χ2v) is 6.60. The molecule has 0 amide bonds. The van der Waals surface area contributed by atoms with E-state index in [9.17, 15) is 9.59 Å². The van der Waals surface area contributed by atoms with Gasteiger partial charge in [-0.2, -0.15) is 0 Å². The number of aromatic amines is 1. The van der Waals surface area contributed by atoms with Gasteiger partial charge in [0.15, 0.2) is 0 Å². The van der Waals surface area contributed by atoms with Crippen LogP contribution in [0.1, 0.15) is 29.7 Å². The molecule has 1 aromatic carbocycles. The van der Waals surface area contributed by atoms with Gasteiger partial charge in [-0.1, -0.05) is 29.3 Å². The first-order chi connectivity index (χ1) is 12.3. The number of hydrogen-bond donors (Lipinski definition) is 2. The summed E-state index contributed by atoms with van der Waals surface area (Å²) < 4.78 is 10.7. The van der Waals surface area contributed by atoms with Crippen molar-refractivity contribution < 1.29 is 14.3 Å². The number of rotatable bonds is 3. The third-order valence-electron chi connectivity index (χ3n) is 4.00. The van der Waals surface area contributed by atoms with E-state index in [1.54, 1.807) is 32.0 Å². The molecule has 1 aliphatic rings. The van der Waals surface area contributed by atoms with Gasteiger partial charge in [0.1, 0.15) is 11.3 Å². The van der Waals surface area contributed by atoms with E-state index in [4.69, 9.17) is 38.4 Å². The minimum absolute atomic E-state index is 0.0259. The van der Waals surface area contributed by atoms with E-state index in [1.807, 2.05) is 0 Å². The largest absolute Gasteiger partial charge is 0.462 e. The number of aromatic nitrogens is 1. The van der Waals surface area contributed by atoms with Gasteiger partial charge in [0, 0.05) is 21.8 Å². The number of nitrogens with two attached hydrogens (primary N) is 1. The Balaban J connectivity index is 2.31. The molecule has 0 aliphatic carbocycles. The van der Waals surface area contributed by atoms with Crippen LogP contribution in [0.3, 0.4) is 0 Å². The molecular formula is C18H16Cl2N2O4. The van der Waals surface area contributed by atoms with E-state index >= 15 is 0 Å². The SMILES string of the molecule is CCOC(=O)C1=C(N)Oc2cc(C)[nH]c(=O)c2[C@H]1c1ccc(Cl)cc1Cl. The van der Waals surface area contributed by atoms with Gasteiger partial charge in [-0.3, -0.25) is 4.79 Å². The van der Waals surface area contributed by atoms with Crippen LogP contribution in [-0.2, 0) is 9.53 Å². The van der Waals surface area contributed by atoms with Crippen molar-refractivity contribution >= 4 is 29.2 Å². The highest BCUT2D eigenvalue weighted by Crippen LogP contribution is 2.43. The summed E-state index contributed by atoms with van der Waals surface area (Å²) in [5.74, 6) is -1.37. The number of pyridine rings is 1. The lowest BCUT2D eigenvalue weighted by atomic mass is 9.83. The number of nitrogens with one attached hydrogen (secondary N) is 1. The number of halogens is 2. The highest BCUT2D eigenvalue weighted by atomic mass is 35.5. The van der Waals surface area contributed by atoms with Crippen LogP contribution in [0.25, 0.3) is 0 Å². The fraction of sp³-hybridized carbons (Fsp3) is 0.222. The molecule has 8 heteroatoms. The van der Waals surface area contributed by atoms with Crippen molar-refractivity contribution in [1.82, 2.24) is 4.98 Å². The van der Waals surface area contributed by atoms with Crippen molar-refractivity contribution in [1.29, 1.82) is 0 Å². The molecule has 136 valence electrons. The van der Waals surface area contributed by atoms with Crippen LogP contribution in [0.2, 0.25) is 10.0 Å². The number of esters is 1. The van der Waals surface area contributed by atoms with Crippen molar-refractivity contribution in [3.63, 3.8) is 0 Å². The Morgan fingerprint density at radius 3 is 2.73 bits per heavy atom. The maximum absolute atomic E-state index is 12.7. The molecule has 2 heterocycles. The molecule has 1 atom stereocenters. The highest BCUT2D eigenvalue weighted by molar-refractivity contribution is 6.35. The number of ether oxygens (including phenoxy) is 2. The molecule has 1 aromatic heterocycles. The average molecular weight is 395 g/mol. The number of carbonyl (C=O) groups is 1. The van der Waals surface area contributed by atoms with Gasteiger partial charge in [-0.15, -0.1) is 0 Å². The maximum Gasteiger partial charge on any atom is 0.340 e. The van der Waals surface area contributed by atoms with E-state index in [0.29, 0.717) is 21.3 Å². The zero-order valence-electron chi connectivity index (χ0n) is 14.1. The predicted octanol–water partition coefficient (Wildman–Crippen LogP) is 3.25. The smallest absolute Gasteiger partial charge is 0.340 e. The first-order valence-electron chi connectivity index (χ1n) is 7.86. The van der Waals surface area contributed by atoms with Gasteiger partial charge in [0.2, 0.25) is 5.88 Å². The van der Waals surface area contributed by atoms with Gasteiger partial charge in [-0.05, 0) is 31.5 Å². The molecule has 3 rings (SSSR count). The maximum atomic E-state index is 12.7. The first kappa shape index (κ1) is 18.4. The molecule has 0 unspecified atom stereocenters. The van der Waals surface area contributed by atoms with E-state index in [2.05, 4.69) is 4.98 Å². The highest BCUT2D eigenvalue weighted by Gasteiger charge is 2.38. The fourth-order valence-corrected chi connectivity index (χ4v) is 3.48. The molecule has 3 N–H and O–H groups in total. The zero-order chi connectivity index (χ0) is 19.0. The normalized spacial score (nSPS) is 16.1. The van der Waals surface area contributed by atoms with Gasteiger partial charge in [0.25, 0.3) is 5.56 Å². The molecule has 0 radical (unpaired) electrons. The van der Waals surface area contributed by atoms with Crippen molar-refractivity contribution in [3.8, 4) is 5.75 Å². The molecular weight excluding hydrogens is 379 g/mol. The van der Waals surface area contributed by atoms with Crippen LogP contribution in [-0.4, -0.2) is 17.6 Å². The third kappa shape index (κ3) is 3.18. The lowest BCUT2D eigenvalue weighted by Gasteiger charge is -2.28. The second kappa shape index (κ2) is 7.05. The summed E-state index contributed by atoms with van der Waals surface area (Å²) in [4.78, 5) is 27.9. The lowest BCUT2D eigenvalue weighted by Crippen LogP contribution is -2.32. The van der Waals surface area contributed by atoms with Gasteiger partial charge < -0.3 is 20.2 Å². The molecule has 0 spiro atoms. The average Bonchev–Trinajstić information content (AvgIpc) is 2.53. The summed E-state index contributed by atoms with van der Waals surface area (Å²) >= 11 is 12.3. The summed E-state index contributed by atoms with van der Waals surface area (Å²) in [5.41, 5.74) is 6.97. The summed E-state index contributed by atoms with van der Waals surface area (Å²) in [6, 6.07) is 6.45. The Morgan fingerprint density at radius 1 is 1.35 bits per heavy atom. The molecule has 26 heavy (non-hydrogen) atoms. The van der Waals surface area contributed by atoms with E-state index in [-0.39, 0.29) is 29.4 Å². The van der Waals surface area contributed by atoms with Crippen LogP contribution in [0.4, 0.5) is 0 Å². The Kier molecular flexibility index (Phi) is 4.98. The third-order valence-corrected chi connectivity index (χ3v) is 4.56. The second-order valence-electron chi connectivity index (χ2n) is 5.76. The van der Waals surface area contributed by atoms with Crippen LogP contribution >= 0.6 is 23.2 Å². The minimum Gasteiger partial charge on any atom is -0.462 e. The molecule has 0 saturated heterocycles. The number of benzene rings is 1. The molecule has 6 nitrogen and oxygen atoms in total. The quantitative estimate of drug-likeness (QED) is 0.779. The van der Waals surface area contributed by atoms with E-state index < -0.39 is 17.4 Å². The van der Waals surface area contributed by atoms with Crippen molar-refractivity contribution in [3.05, 3.63) is 72.9 Å². The molecule has 0 saturated carbocycles. The van der Waals surface area contributed by atoms with E-state index in [0.717, 1.165) is 0 Å². The standard InChI is InChI=1S/C18H16Cl2N2O4/c1-3-25-18(24)15-13(10-5-4-9(19)7-11(10)20)14-12(26-16(15)21)6-8(2)22-17(14)23/h4-7,13H,3,21H2,1-2H3,(H,22,23)/t13-/m1/s1. The monoisotopic (exact) mass is 394 g/mol. The number of H-pyrrole nitrogens is 1. The Labute approximate surface area is 159 Å². The molecule has 0 bridgehead atoms. The fourth-order valence-electron chi connectivity index (χ4n) is 2.96. The van der Waals surface area contributed by atoms with Crippen LogP contribution < -0.4 is 16.0 Å². The van der Waals surface area contributed by atoms with Gasteiger partial charge in [-0.25, -0.2) is 4.79 Å². The number of carbonyl (C=O) groups excluding carboxylic acids is 1. The molecule has 0 fully saturated rings. The Hall–Kier alpha value is -2.44. The summed E-state index contributed by atoms with van der Waals surface area (Å²) in [7, 11) is 0. The Morgan fingerprint density at radius 2 is 2.08 bits per heavy atom. The van der Waals surface area contributed by atoms with E-state index in [1.165, 1.54) is 6.07 Å². The van der Waals surface area contributed by atoms with Gasteiger partial charge in [0.05, 0.1) is 18.1 Å². The number of hydrogen-bond acceptors (Lipinski definition) is 5. The lowest BCUT2D eigenvalue weighted by molar-refractivity contribution is -0.139. The number of aryl methyl sites for hydroxylation is 1. The minimum atomic E-state index is -0.841. The number of fused-ring (bicyclic) bond motifs is 1. The topological polar surface area (TPSA) is 94.4 Å².